The molecule has 0 heterocycles. The number of unbranched alkanes of at least 4 members (excludes halogenated alkanes) is 3. The highest BCUT2D eigenvalue weighted by atomic mass is 19.1. The first-order valence-electron chi connectivity index (χ1n) is 13.1. The van der Waals surface area contributed by atoms with E-state index in [1.54, 1.807) is 12.1 Å². The van der Waals surface area contributed by atoms with E-state index in [1.807, 2.05) is 0 Å². The molecule has 3 rings (SSSR count). The molecule has 0 aromatic heterocycles. The average molecular weight is 429 g/mol. The Labute approximate surface area is 189 Å². The fourth-order valence-corrected chi connectivity index (χ4v) is 5.68. The van der Waals surface area contributed by atoms with E-state index in [0.29, 0.717) is 11.8 Å². The van der Waals surface area contributed by atoms with E-state index >= 15 is 0 Å². The molecule has 172 valence electrons. The maximum absolute atomic E-state index is 14.8. The molecule has 0 unspecified atom stereocenters. The third kappa shape index (κ3) is 7.34. The highest BCUT2D eigenvalue weighted by molar-refractivity contribution is 5.40. The second kappa shape index (κ2) is 12.6. The average Bonchev–Trinajstić information content (AvgIpc) is 2.78. The first-order valence-corrected chi connectivity index (χ1v) is 13.1. The molecule has 2 heteroatoms. The highest BCUT2D eigenvalue weighted by Gasteiger charge is 2.24. The molecule has 0 atom stereocenters. The lowest BCUT2D eigenvalue weighted by molar-refractivity contribution is 0.296. The number of hydrogen-bond donors (Lipinski definition) is 0. The van der Waals surface area contributed by atoms with Gasteiger partial charge in [0.1, 0.15) is 11.6 Å². The van der Waals surface area contributed by atoms with Crippen LogP contribution in [-0.2, 0) is 0 Å². The van der Waals surface area contributed by atoms with Gasteiger partial charge in [0.05, 0.1) is 5.56 Å². The molecule has 1 aromatic rings. The maximum atomic E-state index is 14.8. The number of halogens is 2. The Morgan fingerprint density at radius 3 is 1.87 bits per heavy atom. The molecule has 2 fully saturated rings. The summed E-state index contributed by atoms with van der Waals surface area (Å²) in [4.78, 5) is 0. The van der Waals surface area contributed by atoms with Gasteiger partial charge in [-0.05, 0) is 86.8 Å². The van der Waals surface area contributed by atoms with Gasteiger partial charge in [-0.1, -0.05) is 70.6 Å². The second-order valence-electron chi connectivity index (χ2n) is 10.2. The van der Waals surface area contributed by atoms with E-state index < -0.39 is 11.6 Å². The summed E-state index contributed by atoms with van der Waals surface area (Å²) in [6.45, 7) is 4.48. The Morgan fingerprint density at radius 2 is 1.29 bits per heavy atom. The van der Waals surface area contributed by atoms with Crippen LogP contribution in [0, 0.1) is 41.2 Å². The summed E-state index contributed by atoms with van der Waals surface area (Å²) in [6, 6.07) is 3.13. The summed E-state index contributed by atoms with van der Waals surface area (Å²) in [5, 5.41) is 0. The lowest BCUT2D eigenvalue weighted by atomic mass is 9.77. The van der Waals surface area contributed by atoms with Gasteiger partial charge in [-0.15, -0.1) is 0 Å². The van der Waals surface area contributed by atoms with Crippen molar-refractivity contribution in [3.05, 3.63) is 34.9 Å². The zero-order valence-electron chi connectivity index (χ0n) is 19.8. The molecule has 0 spiro atoms. The largest absolute Gasteiger partial charge is 0.206 e. The second-order valence-corrected chi connectivity index (χ2v) is 10.2. The fraction of sp³-hybridized carbons (Fsp3) is 0.724. The van der Waals surface area contributed by atoms with Gasteiger partial charge in [0, 0.05) is 5.92 Å². The molecule has 2 aliphatic carbocycles. The number of rotatable bonds is 8. The maximum Gasteiger partial charge on any atom is 0.142 e. The molecule has 1 aromatic carbocycles. The van der Waals surface area contributed by atoms with Gasteiger partial charge in [-0.2, -0.15) is 0 Å². The Morgan fingerprint density at radius 1 is 0.742 bits per heavy atom. The number of benzene rings is 1. The quantitative estimate of drug-likeness (QED) is 0.286. The summed E-state index contributed by atoms with van der Waals surface area (Å²) in [6.07, 6.45) is 18.2. The normalized spacial score (nSPS) is 26.3. The topological polar surface area (TPSA) is 0 Å². The molecule has 0 amide bonds. The van der Waals surface area contributed by atoms with E-state index in [0.717, 1.165) is 43.1 Å². The van der Waals surface area contributed by atoms with Crippen molar-refractivity contribution in [3.8, 4) is 11.8 Å². The lowest BCUT2D eigenvalue weighted by Gasteiger charge is -2.29. The van der Waals surface area contributed by atoms with Crippen LogP contribution in [0.25, 0.3) is 0 Å². The van der Waals surface area contributed by atoms with E-state index in [4.69, 9.17) is 0 Å². The minimum atomic E-state index is -0.468. The molecular weight excluding hydrogens is 386 g/mol. The van der Waals surface area contributed by atoms with Crippen LogP contribution < -0.4 is 0 Å². The van der Waals surface area contributed by atoms with Crippen LogP contribution >= 0.6 is 0 Å². The summed E-state index contributed by atoms with van der Waals surface area (Å²) in [5.41, 5.74) is 0.814. The Hall–Kier alpha value is -1.36. The lowest BCUT2D eigenvalue weighted by Crippen LogP contribution is -2.14. The van der Waals surface area contributed by atoms with Crippen LogP contribution in [0.2, 0.25) is 0 Å². The van der Waals surface area contributed by atoms with Crippen molar-refractivity contribution >= 4 is 0 Å². The predicted octanol–water partition coefficient (Wildman–Crippen LogP) is 9.17. The summed E-state index contributed by atoms with van der Waals surface area (Å²) >= 11 is 0. The van der Waals surface area contributed by atoms with Gasteiger partial charge in [0.15, 0.2) is 0 Å². The van der Waals surface area contributed by atoms with Crippen LogP contribution in [-0.4, -0.2) is 0 Å². The van der Waals surface area contributed by atoms with Gasteiger partial charge in [0.25, 0.3) is 0 Å². The summed E-state index contributed by atoms with van der Waals surface area (Å²) in [7, 11) is 0. The zero-order valence-corrected chi connectivity index (χ0v) is 19.8. The van der Waals surface area contributed by atoms with Crippen molar-refractivity contribution in [1.29, 1.82) is 0 Å². The third-order valence-corrected chi connectivity index (χ3v) is 7.81. The van der Waals surface area contributed by atoms with Crippen LogP contribution in [0.5, 0.6) is 0 Å². The molecule has 0 radical (unpaired) electrons. The van der Waals surface area contributed by atoms with Crippen molar-refractivity contribution in [2.45, 2.75) is 116 Å². The molecule has 0 aliphatic heterocycles. The molecule has 0 N–H and O–H groups in total. The van der Waals surface area contributed by atoms with Crippen molar-refractivity contribution in [1.82, 2.24) is 0 Å². The Kier molecular flexibility index (Phi) is 9.89. The fourth-order valence-electron chi connectivity index (χ4n) is 5.68. The first kappa shape index (κ1) is 24.3. The third-order valence-electron chi connectivity index (χ3n) is 7.81. The van der Waals surface area contributed by atoms with Gasteiger partial charge < -0.3 is 0 Å². The SMILES string of the molecule is CCCCC[C@H]1CC[C@H](c2cc(F)c(C#CC3CCC(CCCC)CC3)c(F)c2)CC1. The molecule has 0 nitrogen and oxygen atoms in total. The van der Waals surface area contributed by atoms with Crippen LogP contribution in [0.15, 0.2) is 12.1 Å². The van der Waals surface area contributed by atoms with Crippen molar-refractivity contribution in [2.24, 2.45) is 17.8 Å². The summed E-state index contributed by atoms with van der Waals surface area (Å²) < 4.78 is 29.5. The minimum absolute atomic E-state index is 0.0230. The molecule has 31 heavy (non-hydrogen) atoms. The zero-order chi connectivity index (χ0) is 22.1. The minimum Gasteiger partial charge on any atom is -0.206 e. The smallest absolute Gasteiger partial charge is 0.142 e. The Bertz CT molecular complexity index is 702. The van der Waals surface area contributed by atoms with E-state index in [2.05, 4.69) is 25.7 Å². The van der Waals surface area contributed by atoms with Crippen LogP contribution in [0.3, 0.4) is 0 Å². The molecular formula is C29H42F2. The predicted molar refractivity (Wildman–Crippen MR) is 127 cm³/mol. The van der Waals surface area contributed by atoms with E-state index in [1.165, 1.54) is 70.6 Å². The van der Waals surface area contributed by atoms with Gasteiger partial charge in [-0.3, -0.25) is 0 Å². The van der Waals surface area contributed by atoms with Crippen molar-refractivity contribution < 1.29 is 8.78 Å². The molecule has 0 saturated heterocycles. The Balaban J connectivity index is 1.54. The van der Waals surface area contributed by atoms with Crippen LogP contribution in [0.4, 0.5) is 8.78 Å². The monoisotopic (exact) mass is 428 g/mol. The summed E-state index contributed by atoms with van der Waals surface area (Å²) in [5.74, 6) is 7.35. The van der Waals surface area contributed by atoms with Gasteiger partial charge in [0.2, 0.25) is 0 Å². The van der Waals surface area contributed by atoms with Crippen molar-refractivity contribution in [3.63, 3.8) is 0 Å². The molecule has 2 saturated carbocycles. The first-order chi connectivity index (χ1) is 15.1. The van der Waals surface area contributed by atoms with Crippen LogP contribution in [0.1, 0.15) is 127 Å². The molecule has 2 aliphatic rings. The number of hydrogen-bond acceptors (Lipinski definition) is 0. The van der Waals surface area contributed by atoms with Gasteiger partial charge in [-0.25, -0.2) is 8.78 Å². The van der Waals surface area contributed by atoms with E-state index in [9.17, 15) is 8.78 Å². The highest BCUT2D eigenvalue weighted by Crippen LogP contribution is 2.38. The van der Waals surface area contributed by atoms with Gasteiger partial charge >= 0.3 is 0 Å². The standard InChI is InChI=1S/C29H42F2/c1-3-5-7-9-23-14-17-25(18-15-23)26-20-28(30)27(29(31)21-26)19-16-24-12-10-22(11-13-24)8-6-4-2/h20-25H,3-15,17-18H2,1-2H3/t22?,23-,24?,25-. The molecule has 0 bridgehead atoms. The van der Waals surface area contributed by atoms with E-state index in [-0.39, 0.29) is 5.56 Å². The van der Waals surface area contributed by atoms with Crippen molar-refractivity contribution in [2.75, 3.05) is 0 Å².